The lowest BCUT2D eigenvalue weighted by molar-refractivity contribution is -0.133. The number of carbonyl (C=O) groups excluding carboxylic acids is 1. The molecule has 1 aliphatic heterocycles. The number of hydrogen-bond acceptors (Lipinski definition) is 4. The number of nitrogens with zero attached hydrogens (tertiary/aromatic N) is 3. The minimum atomic E-state index is -0.306. The Bertz CT molecular complexity index is 556. The zero-order valence-corrected chi connectivity index (χ0v) is 14.8. The van der Waals surface area contributed by atoms with Crippen LogP contribution >= 0.6 is 0 Å². The summed E-state index contributed by atoms with van der Waals surface area (Å²) in [5.74, 6) is 0.545. The normalized spacial score (nSPS) is 21.4. The average molecular weight is 330 g/mol. The van der Waals surface area contributed by atoms with E-state index >= 15 is 0 Å². The minimum absolute atomic E-state index is 0.162. The molecule has 132 valence electrons. The van der Waals surface area contributed by atoms with Gasteiger partial charge in [0, 0.05) is 43.8 Å². The summed E-state index contributed by atoms with van der Waals surface area (Å²) in [6, 6.07) is 3.86. The summed E-state index contributed by atoms with van der Waals surface area (Å²) in [6.45, 7) is 5.44. The van der Waals surface area contributed by atoms with E-state index in [0.29, 0.717) is 5.92 Å². The summed E-state index contributed by atoms with van der Waals surface area (Å²) in [4.78, 5) is 21.4. The number of nitrogens with two attached hydrogens (primary N) is 1. The second-order valence-electron chi connectivity index (χ2n) is 7.25. The second kappa shape index (κ2) is 7.97. The van der Waals surface area contributed by atoms with E-state index in [4.69, 9.17) is 5.73 Å². The Morgan fingerprint density at radius 2 is 1.96 bits per heavy atom. The van der Waals surface area contributed by atoms with Crippen molar-refractivity contribution in [1.29, 1.82) is 0 Å². The zero-order valence-electron chi connectivity index (χ0n) is 14.8. The van der Waals surface area contributed by atoms with Gasteiger partial charge in [-0.15, -0.1) is 0 Å². The number of aromatic nitrogens is 1. The first kappa shape index (κ1) is 17.2. The number of anilines is 1. The molecule has 1 aromatic heterocycles. The lowest BCUT2D eigenvalue weighted by Crippen LogP contribution is -2.49. The number of rotatable bonds is 3. The van der Waals surface area contributed by atoms with Gasteiger partial charge in [0.15, 0.2) is 0 Å². The molecule has 2 heterocycles. The molecule has 1 amide bonds. The van der Waals surface area contributed by atoms with Gasteiger partial charge >= 0.3 is 0 Å². The summed E-state index contributed by atoms with van der Waals surface area (Å²) in [5.41, 5.74) is 8.56. The van der Waals surface area contributed by atoms with Crippen LogP contribution in [0.3, 0.4) is 0 Å². The van der Waals surface area contributed by atoms with Crippen molar-refractivity contribution in [3.63, 3.8) is 0 Å². The number of carbonyl (C=O) groups is 1. The van der Waals surface area contributed by atoms with E-state index in [1.165, 1.54) is 24.9 Å². The number of aryl methyl sites for hydroxylation is 1. The van der Waals surface area contributed by atoms with Crippen molar-refractivity contribution in [2.24, 2.45) is 11.7 Å². The van der Waals surface area contributed by atoms with Crippen molar-refractivity contribution < 1.29 is 4.79 Å². The van der Waals surface area contributed by atoms with Crippen LogP contribution in [0.4, 0.5) is 5.69 Å². The molecule has 0 unspecified atom stereocenters. The minimum Gasteiger partial charge on any atom is -0.370 e. The SMILES string of the molecule is Cc1cc(N2CCCN(C(=O)[C@@H](N)C3CCCCC3)CC2)ccn1. The highest BCUT2D eigenvalue weighted by molar-refractivity contribution is 5.82. The molecule has 3 rings (SSSR count). The van der Waals surface area contributed by atoms with Crippen LogP contribution in [0.25, 0.3) is 0 Å². The monoisotopic (exact) mass is 330 g/mol. The highest BCUT2D eigenvalue weighted by atomic mass is 16.2. The highest BCUT2D eigenvalue weighted by Crippen LogP contribution is 2.26. The molecule has 0 bridgehead atoms. The third-order valence-corrected chi connectivity index (χ3v) is 5.50. The molecule has 1 saturated carbocycles. The summed E-state index contributed by atoms with van der Waals surface area (Å²) >= 11 is 0. The maximum Gasteiger partial charge on any atom is 0.239 e. The van der Waals surface area contributed by atoms with E-state index < -0.39 is 0 Å². The molecule has 2 N–H and O–H groups in total. The molecular weight excluding hydrogens is 300 g/mol. The maximum atomic E-state index is 12.8. The van der Waals surface area contributed by atoms with Crippen molar-refractivity contribution in [2.75, 3.05) is 31.1 Å². The van der Waals surface area contributed by atoms with Crippen LogP contribution in [-0.4, -0.2) is 48.0 Å². The Balaban J connectivity index is 1.59. The predicted octanol–water partition coefficient (Wildman–Crippen LogP) is 2.34. The van der Waals surface area contributed by atoms with Crippen molar-refractivity contribution >= 4 is 11.6 Å². The molecule has 24 heavy (non-hydrogen) atoms. The second-order valence-corrected chi connectivity index (χ2v) is 7.25. The maximum absolute atomic E-state index is 12.8. The fourth-order valence-corrected chi connectivity index (χ4v) is 4.03. The van der Waals surface area contributed by atoms with E-state index in [1.54, 1.807) is 0 Å². The summed E-state index contributed by atoms with van der Waals surface area (Å²) < 4.78 is 0. The lowest BCUT2D eigenvalue weighted by Gasteiger charge is -2.31. The van der Waals surface area contributed by atoms with Crippen LogP contribution in [0, 0.1) is 12.8 Å². The topological polar surface area (TPSA) is 62.5 Å². The van der Waals surface area contributed by atoms with E-state index in [9.17, 15) is 4.79 Å². The van der Waals surface area contributed by atoms with Crippen LogP contribution in [0.5, 0.6) is 0 Å². The van der Waals surface area contributed by atoms with Crippen LogP contribution < -0.4 is 10.6 Å². The van der Waals surface area contributed by atoms with E-state index in [2.05, 4.69) is 22.0 Å². The first-order chi connectivity index (χ1) is 11.6. The van der Waals surface area contributed by atoms with Crippen LogP contribution in [0.15, 0.2) is 18.3 Å². The van der Waals surface area contributed by atoms with Crippen molar-refractivity contribution in [2.45, 2.75) is 51.5 Å². The first-order valence-corrected chi connectivity index (χ1v) is 9.37. The van der Waals surface area contributed by atoms with Gasteiger partial charge in [0.2, 0.25) is 5.91 Å². The van der Waals surface area contributed by atoms with Crippen LogP contribution in [-0.2, 0) is 4.79 Å². The Morgan fingerprint density at radius 3 is 2.71 bits per heavy atom. The summed E-state index contributed by atoms with van der Waals surface area (Å²) in [7, 11) is 0. The molecule has 1 aromatic rings. The average Bonchev–Trinajstić information content (AvgIpc) is 2.87. The molecule has 1 atom stereocenters. The molecular formula is C19H30N4O. The fraction of sp³-hybridized carbons (Fsp3) is 0.684. The van der Waals surface area contributed by atoms with Crippen LogP contribution in [0.1, 0.15) is 44.2 Å². The van der Waals surface area contributed by atoms with E-state index in [1.807, 2.05) is 18.0 Å². The fourth-order valence-electron chi connectivity index (χ4n) is 4.03. The number of hydrogen-bond donors (Lipinski definition) is 1. The molecule has 2 fully saturated rings. The van der Waals surface area contributed by atoms with Crippen molar-refractivity contribution in [3.05, 3.63) is 24.0 Å². The van der Waals surface area contributed by atoms with Gasteiger partial charge in [-0.25, -0.2) is 0 Å². The number of pyridine rings is 1. The quantitative estimate of drug-likeness (QED) is 0.924. The first-order valence-electron chi connectivity index (χ1n) is 9.37. The largest absolute Gasteiger partial charge is 0.370 e. The Morgan fingerprint density at radius 1 is 1.17 bits per heavy atom. The molecule has 0 radical (unpaired) electrons. The van der Waals surface area contributed by atoms with E-state index in [-0.39, 0.29) is 11.9 Å². The molecule has 1 saturated heterocycles. The lowest BCUT2D eigenvalue weighted by atomic mass is 9.84. The van der Waals surface area contributed by atoms with Gasteiger partial charge in [0.1, 0.15) is 0 Å². The van der Waals surface area contributed by atoms with Crippen LogP contribution in [0.2, 0.25) is 0 Å². The zero-order chi connectivity index (χ0) is 16.9. The third-order valence-electron chi connectivity index (χ3n) is 5.50. The molecule has 2 aliphatic rings. The van der Waals surface area contributed by atoms with Gasteiger partial charge in [-0.3, -0.25) is 9.78 Å². The Labute approximate surface area is 145 Å². The Kier molecular flexibility index (Phi) is 5.72. The predicted molar refractivity (Wildman–Crippen MR) is 96.9 cm³/mol. The Hall–Kier alpha value is -1.62. The van der Waals surface area contributed by atoms with Gasteiger partial charge in [-0.2, -0.15) is 0 Å². The smallest absolute Gasteiger partial charge is 0.239 e. The molecule has 5 nitrogen and oxygen atoms in total. The molecule has 5 heteroatoms. The summed E-state index contributed by atoms with van der Waals surface area (Å²) in [6.07, 6.45) is 8.82. The molecule has 0 aromatic carbocycles. The van der Waals surface area contributed by atoms with Crippen molar-refractivity contribution in [3.8, 4) is 0 Å². The van der Waals surface area contributed by atoms with Gasteiger partial charge in [-0.05, 0) is 44.2 Å². The third kappa shape index (κ3) is 4.07. The standard InChI is InChI=1S/C19H30N4O/c1-15-14-17(8-9-21-15)22-10-5-11-23(13-12-22)19(24)18(20)16-6-3-2-4-7-16/h8-9,14,16,18H,2-7,10-13,20H2,1H3/t18-/m0/s1. The summed E-state index contributed by atoms with van der Waals surface area (Å²) in [5, 5.41) is 0. The van der Waals surface area contributed by atoms with E-state index in [0.717, 1.165) is 51.1 Å². The molecule has 1 aliphatic carbocycles. The van der Waals surface area contributed by atoms with Gasteiger partial charge in [0.05, 0.1) is 6.04 Å². The van der Waals surface area contributed by atoms with Crippen molar-refractivity contribution in [1.82, 2.24) is 9.88 Å². The highest BCUT2D eigenvalue weighted by Gasteiger charge is 2.30. The molecule has 0 spiro atoms. The van der Waals surface area contributed by atoms with Gasteiger partial charge in [-0.1, -0.05) is 19.3 Å². The number of amides is 1. The van der Waals surface area contributed by atoms with Gasteiger partial charge in [0.25, 0.3) is 0 Å². The van der Waals surface area contributed by atoms with Gasteiger partial charge < -0.3 is 15.5 Å².